The molecule has 586 valence electrons. The normalized spacial score (nSPS) is 24.4. The molecule has 9 fully saturated rings. The second-order valence-corrected chi connectivity index (χ2v) is 38.2. The SMILES string of the molecule is Brc1ccc(I)cc1.CC(C)(C)OC(=O)N1CCC(OC2CCN(c3ccc(B4OC(C)(C)C(C)(C)O4)cc3)CC2)C1.CC(C)(C)OC(=O)N1CCC(OC2CCN(c3ccc(Br)cc3)CC2)C1.CC(C)(C)OC(=O)N1CCC(OC2CCNCC2)C1.CC1(C)OB(B2OC(C)(C)C(C)(C)O2)OC1(C)C. The highest BCUT2D eigenvalue weighted by atomic mass is 127. The van der Waals surface area contributed by atoms with Crippen molar-refractivity contribution < 1.29 is 70.7 Å². The largest absolute Gasteiger partial charge is 0.494 e. The number of anilines is 2. The zero-order valence-electron chi connectivity index (χ0n) is 67.0. The number of hydrogen-bond acceptors (Lipinski definition) is 18. The lowest BCUT2D eigenvalue weighted by Gasteiger charge is -2.34. The average molecular weight is 1710 g/mol. The van der Waals surface area contributed by atoms with Crippen molar-refractivity contribution >= 4 is 111 Å². The Bertz CT molecular complexity index is 3140. The van der Waals surface area contributed by atoms with Gasteiger partial charge in [0.1, 0.15) is 16.8 Å². The van der Waals surface area contributed by atoms with E-state index in [4.69, 9.17) is 56.3 Å². The third kappa shape index (κ3) is 26.1. The van der Waals surface area contributed by atoms with Gasteiger partial charge in [-0.05, 0) is 305 Å². The van der Waals surface area contributed by atoms with Crippen molar-refractivity contribution in [1.29, 1.82) is 0 Å². The van der Waals surface area contributed by atoms with Crippen molar-refractivity contribution in [2.75, 3.05) is 88.3 Å². The van der Waals surface area contributed by atoms with Crippen LogP contribution in [0.4, 0.5) is 25.8 Å². The molecule has 0 aliphatic carbocycles. The number of carbonyl (C=O) groups excluding carboxylic acids is 3. The predicted molar refractivity (Wildman–Crippen MR) is 434 cm³/mol. The van der Waals surface area contributed by atoms with Crippen LogP contribution in [0.3, 0.4) is 0 Å². The van der Waals surface area contributed by atoms with Crippen molar-refractivity contribution in [2.24, 2.45) is 0 Å². The number of carbonyl (C=O) groups is 3. The number of amides is 3. The highest BCUT2D eigenvalue weighted by Crippen LogP contribution is 2.44. The maximum atomic E-state index is 12.3. The van der Waals surface area contributed by atoms with Crippen molar-refractivity contribution in [1.82, 2.24) is 20.0 Å². The Morgan fingerprint density at radius 1 is 0.400 bits per heavy atom. The Hall–Kier alpha value is -3.45. The third-order valence-corrected chi connectivity index (χ3v) is 23.0. The molecule has 27 heteroatoms. The summed E-state index contributed by atoms with van der Waals surface area (Å²) in [7, 11) is -1.28. The number of rotatable bonds is 10. The fourth-order valence-electron chi connectivity index (χ4n) is 13.1. The van der Waals surface area contributed by atoms with Gasteiger partial charge < -0.3 is 86.2 Å². The molecule has 9 heterocycles. The van der Waals surface area contributed by atoms with Gasteiger partial charge in [-0.2, -0.15) is 0 Å². The van der Waals surface area contributed by atoms with Crippen LogP contribution < -0.4 is 20.6 Å². The molecule has 3 amide bonds. The highest BCUT2D eigenvalue weighted by Gasteiger charge is 2.64. The molecule has 0 aromatic heterocycles. The quantitative estimate of drug-likeness (QED) is 0.114. The van der Waals surface area contributed by atoms with E-state index in [1.807, 2.05) is 130 Å². The van der Waals surface area contributed by atoms with Gasteiger partial charge in [0.2, 0.25) is 0 Å². The van der Waals surface area contributed by atoms with Crippen LogP contribution in [-0.4, -0.2) is 220 Å². The molecular weight excluding hydrogens is 1580 g/mol. The Labute approximate surface area is 660 Å². The molecule has 0 radical (unpaired) electrons. The predicted octanol–water partition coefficient (Wildman–Crippen LogP) is 15.5. The molecule has 3 aromatic carbocycles. The maximum absolute atomic E-state index is 12.3. The third-order valence-electron chi connectivity index (χ3n) is 21.3. The van der Waals surface area contributed by atoms with Crippen LogP contribution in [-0.2, 0) is 56.3 Å². The minimum Gasteiger partial charge on any atom is -0.444 e. The van der Waals surface area contributed by atoms with E-state index in [0.29, 0.717) is 32.3 Å². The second kappa shape index (κ2) is 36.4. The number of nitrogens with zero attached hydrogens (tertiary/aromatic N) is 5. The molecule has 12 rings (SSSR count). The van der Waals surface area contributed by atoms with Crippen LogP contribution in [0.25, 0.3) is 0 Å². The number of ether oxygens (including phenoxy) is 6. The van der Waals surface area contributed by atoms with Gasteiger partial charge in [0.05, 0.1) is 89.9 Å². The molecule has 3 aromatic rings. The van der Waals surface area contributed by atoms with E-state index in [-0.39, 0.29) is 89.5 Å². The topological polar surface area (TPSA) is 190 Å². The second-order valence-electron chi connectivity index (χ2n) is 35.1. The van der Waals surface area contributed by atoms with E-state index in [9.17, 15) is 14.4 Å². The lowest BCUT2D eigenvalue weighted by atomic mass is 9.49. The van der Waals surface area contributed by atoms with Crippen LogP contribution in [0.15, 0.2) is 81.7 Å². The number of piperidine rings is 3. The molecule has 0 spiro atoms. The number of likely N-dealkylation sites (tertiary alicyclic amines) is 3. The van der Waals surface area contributed by atoms with Gasteiger partial charge in [-0.3, -0.25) is 0 Å². The summed E-state index contributed by atoms with van der Waals surface area (Å²) in [5.41, 5.74) is 0.0936. The first-order valence-corrected chi connectivity index (χ1v) is 40.8. The van der Waals surface area contributed by atoms with Gasteiger partial charge >= 0.3 is 39.4 Å². The molecule has 9 aliphatic heterocycles. The summed E-state index contributed by atoms with van der Waals surface area (Å²) < 4.78 is 74.8. The van der Waals surface area contributed by atoms with Gasteiger partial charge in [-0.15, -0.1) is 0 Å². The van der Waals surface area contributed by atoms with E-state index < -0.39 is 30.8 Å². The lowest BCUT2D eigenvalue weighted by molar-refractivity contribution is -0.0234. The van der Waals surface area contributed by atoms with Crippen molar-refractivity contribution in [3.63, 3.8) is 0 Å². The average Bonchev–Trinajstić information content (AvgIpc) is 1.60. The van der Waals surface area contributed by atoms with Gasteiger partial charge in [0, 0.05) is 69.7 Å². The Balaban J connectivity index is 0.000000175. The summed E-state index contributed by atoms with van der Waals surface area (Å²) in [6.45, 7) is 51.7. The molecule has 21 nitrogen and oxygen atoms in total. The van der Waals surface area contributed by atoms with Crippen molar-refractivity contribution in [3.05, 3.63) is 85.3 Å². The van der Waals surface area contributed by atoms with Crippen LogP contribution in [0.5, 0.6) is 0 Å². The highest BCUT2D eigenvalue weighted by molar-refractivity contribution is 14.1. The Kier molecular flexibility index (Phi) is 30.2. The number of hydrogen-bond donors (Lipinski definition) is 1. The summed E-state index contributed by atoms with van der Waals surface area (Å²) >= 11 is 9.10. The van der Waals surface area contributed by atoms with Crippen molar-refractivity contribution in [3.8, 4) is 0 Å². The van der Waals surface area contributed by atoms with Crippen LogP contribution in [0, 0.1) is 3.57 Å². The van der Waals surface area contributed by atoms with Gasteiger partial charge in [0.25, 0.3) is 0 Å². The molecule has 0 bridgehead atoms. The number of halogens is 3. The summed E-state index contributed by atoms with van der Waals surface area (Å²) in [6, 6.07) is 25.2. The van der Waals surface area contributed by atoms with Crippen LogP contribution in [0.1, 0.15) is 203 Å². The standard InChI is InChI=1S/C26H41BN2O5.C20H29BrN2O3.C14H26N2O3.C12H24B2O4.C6H4BrI/c1-24(2,3)32-23(30)29-17-14-22(18-29)31-21-12-15-28(16-13-21)20-10-8-19(9-11-20)27-33-25(4,5)26(6,7)34-27;1-20(2,3)26-19(24)23-13-10-18(14-23)25-17-8-11-22(12-9-17)16-6-4-15(21)5-7-16;1-14(2,3)19-13(17)16-9-6-12(10-16)18-11-4-7-15-8-5-11;1-9(2)10(3,4)16-13(15-9)14-17-11(5,6)12(7,8)18-14;7-5-1-3-6(8)4-2-5/h8-11,21-22H,12-18H2,1-7H3;4-7,17-18H,8-14H2,1-3H3;11-12,15H,4-10H2,1-3H3;1-8H3;1-4H. The zero-order chi connectivity index (χ0) is 77.3. The smallest absolute Gasteiger partial charge is 0.444 e. The van der Waals surface area contributed by atoms with Gasteiger partial charge in [0.15, 0.2) is 0 Å². The van der Waals surface area contributed by atoms with Crippen LogP contribution in [0.2, 0.25) is 0 Å². The molecule has 3 unspecified atom stereocenters. The van der Waals surface area contributed by atoms with E-state index in [1.54, 1.807) is 14.7 Å². The van der Waals surface area contributed by atoms with E-state index in [0.717, 1.165) is 125 Å². The van der Waals surface area contributed by atoms with Gasteiger partial charge in [-0.25, -0.2) is 14.4 Å². The van der Waals surface area contributed by atoms with Crippen LogP contribution >= 0.6 is 54.5 Å². The molecule has 9 aliphatic rings. The molecule has 1 N–H and O–H groups in total. The van der Waals surface area contributed by atoms with E-state index in [2.05, 4.69) is 158 Å². The summed E-state index contributed by atoms with van der Waals surface area (Å²) in [5, 5.41) is 3.33. The van der Waals surface area contributed by atoms with E-state index >= 15 is 0 Å². The molecule has 105 heavy (non-hydrogen) atoms. The van der Waals surface area contributed by atoms with Gasteiger partial charge in [-0.1, -0.05) is 44.0 Å². The Morgan fingerprint density at radius 2 is 0.667 bits per heavy atom. The fourth-order valence-corrected chi connectivity index (χ4v) is 14.0. The van der Waals surface area contributed by atoms with E-state index in [1.165, 1.54) is 14.9 Å². The molecular formula is C78H124B3Br2IN6O15. The zero-order valence-corrected chi connectivity index (χ0v) is 72.3. The number of nitrogens with one attached hydrogen (secondary N) is 1. The summed E-state index contributed by atoms with van der Waals surface area (Å²) in [5.74, 6) is 0. The van der Waals surface area contributed by atoms with Crippen molar-refractivity contribution in [2.45, 2.75) is 290 Å². The Morgan fingerprint density at radius 3 is 0.962 bits per heavy atom. The first-order chi connectivity index (χ1) is 48.7. The minimum atomic E-state index is -0.476. The lowest BCUT2D eigenvalue weighted by Crippen LogP contribution is -2.41. The summed E-state index contributed by atoms with van der Waals surface area (Å²) in [4.78, 5) is 46.5. The number of benzene rings is 3. The minimum absolute atomic E-state index is 0.100. The monoisotopic (exact) mass is 1700 g/mol. The summed E-state index contributed by atoms with van der Waals surface area (Å²) in [6.07, 6.45) is 9.46. The molecule has 3 atom stereocenters. The molecule has 9 saturated heterocycles. The first kappa shape index (κ1) is 87.1. The fraction of sp³-hybridized carbons (Fsp3) is 0.731. The molecule has 0 saturated carbocycles. The maximum Gasteiger partial charge on any atom is 0.494 e. The first-order valence-electron chi connectivity index (χ1n) is 38.2.